The molecule has 2 rings (SSSR count). The molecule has 7 heteroatoms. The van der Waals surface area contributed by atoms with Gasteiger partial charge in [-0.05, 0) is 12.1 Å². The average molecular weight is 256 g/mol. The molecule has 0 radical (unpaired) electrons. The molecule has 0 saturated carbocycles. The van der Waals surface area contributed by atoms with E-state index in [-0.39, 0.29) is 16.2 Å². The second kappa shape index (κ2) is 4.34. The molecule has 1 aliphatic heterocycles. The lowest BCUT2D eigenvalue weighted by Gasteiger charge is -2.05. The Hall–Kier alpha value is -1.60. The predicted octanol–water partition coefficient (Wildman–Crippen LogP) is 0.389. The number of nitrogens with one attached hydrogen (secondary N) is 1. The van der Waals surface area contributed by atoms with Gasteiger partial charge in [0.25, 0.3) is 5.91 Å². The second-order valence-corrected chi connectivity index (χ2v) is 4.53. The van der Waals surface area contributed by atoms with Crippen molar-refractivity contribution in [2.24, 2.45) is 5.73 Å². The highest BCUT2D eigenvalue weighted by atomic mass is 32.2. The molecule has 1 aliphatic rings. The van der Waals surface area contributed by atoms with E-state index in [1.54, 1.807) is 0 Å². The van der Waals surface area contributed by atoms with Crippen LogP contribution >= 0.6 is 11.8 Å². The van der Waals surface area contributed by atoms with E-state index in [1.165, 1.54) is 6.07 Å². The van der Waals surface area contributed by atoms with Crippen molar-refractivity contribution in [3.63, 3.8) is 0 Å². The first-order valence-electron chi connectivity index (χ1n) is 4.72. The van der Waals surface area contributed by atoms with Gasteiger partial charge in [-0.15, -0.1) is 11.8 Å². The van der Waals surface area contributed by atoms with Crippen LogP contribution in [0.3, 0.4) is 0 Å². The number of fused-ring (bicyclic) bond motifs is 1. The summed E-state index contributed by atoms with van der Waals surface area (Å²) in [6, 6.07) is 2.47. The third kappa shape index (κ3) is 2.25. The number of halogens is 1. The maximum absolute atomic E-state index is 13.6. The maximum atomic E-state index is 13.6. The summed E-state index contributed by atoms with van der Waals surface area (Å²) >= 11 is 0.941. The molecular weight excluding hydrogens is 247 g/mol. The number of hydrogen-bond donors (Lipinski definition) is 3. The number of amides is 2. The van der Waals surface area contributed by atoms with Gasteiger partial charge in [-0.3, -0.25) is 9.59 Å². The molecule has 17 heavy (non-hydrogen) atoms. The highest BCUT2D eigenvalue weighted by Crippen LogP contribution is 2.35. The number of carbonyl (C=O) groups excluding carboxylic acids is 2. The van der Waals surface area contributed by atoms with Gasteiger partial charge in [-0.25, -0.2) is 4.39 Å². The van der Waals surface area contributed by atoms with Crippen LogP contribution < -0.4 is 11.1 Å². The van der Waals surface area contributed by atoms with Crippen molar-refractivity contribution in [1.82, 2.24) is 0 Å². The Labute approximate surface area is 100 Å². The topological polar surface area (TPSA) is 92.4 Å². The number of aliphatic hydroxyl groups excluding tert-OH is 1. The summed E-state index contributed by atoms with van der Waals surface area (Å²) in [5.41, 5.74) is 5.52. The fourth-order valence-electron chi connectivity index (χ4n) is 1.51. The molecule has 1 heterocycles. The van der Waals surface area contributed by atoms with E-state index >= 15 is 0 Å². The minimum atomic E-state index is -1.34. The molecule has 0 saturated heterocycles. The number of benzene rings is 1. The van der Waals surface area contributed by atoms with Crippen LogP contribution in [0.2, 0.25) is 0 Å². The van der Waals surface area contributed by atoms with Gasteiger partial charge >= 0.3 is 0 Å². The molecule has 1 unspecified atom stereocenters. The Morgan fingerprint density at radius 2 is 2.29 bits per heavy atom. The number of hydrogen-bond acceptors (Lipinski definition) is 4. The van der Waals surface area contributed by atoms with Crippen LogP contribution in [0.5, 0.6) is 0 Å². The fourth-order valence-corrected chi connectivity index (χ4v) is 2.20. The van der Waals surface area contributed by atoms with Gasteiger partial charge in [0, 0.05) is 16.1 Å². The number of primary amides is 1. The van der Waals surface area contributed by atoms with Crippen LogP contribution in [0, 0.1) is 5.82 Å². The van der Waals surface area contributed by atoms with Crippen molar-refractivity contribution < 1.29 is 19.1 Å². The summed E-state index contributed by atoms with van der Waals surface area (Å²) in [5, 5.41) is 11.8. The molecule has 5 nitrogen and oxygen atoms in total. The van der Waals surface area contributed by atoms with Gasteiger partial charge in [-0.1, -0.05) is 0 Å². The van der Waals surface area contributed by atoms with Crippen LogP contribution in [0.1, 0.15) is 11.7 Å². The van der Waals surface area contributed by atoms with E-state index < -0.39 is 23.7 Å². The SMILES string of the molecule is NC(=O)CSc1cc2c(cc1F)C(O)C(=O)N2. The smallest absolute Gasteiger partial charge is 0.257 e. The number of nitrogens with two attached hydrogens (primary N) is 1. The fraction of sp³-hybridized carbons (Fsp3) is 0.200. The highest BCUT2D eigenvalue weighted by molar-refractivity contribution is 8.00. The number of anilines is 1. The third-order valence-corrected chi connectivity index (χ3v) is 3.33. The molecule has 1 atom stereocenters. The van der Waals surface area contributed by atoms with E-state index in [0.29, 0.717) is 5.69 Å². The Bertz CT molecular complexity index is 507. The van der Waals surface area contributed by atoms with Crippen LogP contribution in [-0.4, -0.2) is 22.7 Å². The summed E-state index contributed by atoms with van der Waals surface area (Å²) < 4.78 is 13.6. The van der Waals surface area contributed by atoms with E-state index in [0.717, 1.165) is 17.8 Å². The predicted molar refractivity (Wildman–Crippen MR) is 59.9 cm³/mol. The quantitative estimate of drug-likeness (QED) is 0.682. The highest BCUT2D eigenvalue weighted by Gasteiger charge is 2.29. The standard InChI is InChI=1S/C10H9FN2O3S/c11-5-1-4-6(13-10(16)9(4)15)2-7(5)17-3-8(12)14/h1-2,9,15H,3H2,(H2,12,14)(H,13,16). The van der Waals surface area contributed by atoms with Crippen molar-refractivity contribution in [2.75, 3.05) is 11.1 Å². The zero-order valence-electron chi connectivity index (χ0n) is 8.57. The number of carbonyl (C=O) groups is 2. The summed E-state index contributed by atoms with van der Waals surface area (Å²) in [4.78, 5) is 22.0. The molecule has 2 amide bonds. The van der Waals surface area contributed by atoms with Crippen molar-refractivity contribution in [1.29, 1.82) is 0 Å². The van der Waals surface area contributed by atoms with Crippen molar-refractivity contribution in [3.05, 3.63) is 23.5 Å². The van der Waals surface area contributed by atoms with E-state index in [1.807, 2.05) is 0 Å². The summed E-state index contributed by atoms with van der Waals surface area (Å²) in [6.07, 6.45) is -1.34. The van der Waals surface area contributed by atoms with Gasteiger partial charge in [0.1, 0.15) is 5.82 Å². The molecule has 0 aromatic heterocycles. The first kappa shape index (κ1) is 11.9. The molecule has 0 fully saturated rings. The number of rotatable bonds is 3. The molecule has 90 valence electrons. The van der Waals surface area contributed by atoms with Crippen molar-refractivity contribution >= 4 is 29.3 Å². The molecular formula is C10H9FN2O3S. The van der Waals surface area contributed by atoms with Gasteiger partial charge in [0.2, 0.25) is 5.91 Å². The first-order valence-corrected chi connectivity index (χ1v) is 5.71. The third-order valence-electron chi connectivity index (χ3n) is 2.27. The lowest BCUT2D eigenvalue weighted by Crippen LogP contribution is -2.13. The van der Waals surface area contributed by atoms with E-state index in [4.69, 9.17) is 5.73 Å². The first-order chi connectivity index (χ1) is 7.99. The molecule has 0 bridgehead atoms. The van der Waals surface area contributed by atoms with Gasteiger partial charge in [-0.2, -0.15) is 0 Å². The van der Waals surface area contributed by atoms with Crippen molar-refractivity contribution in [2.45, 2.75) is 11.0 Å². The monoisotopic (exact) mass is 256 g/mol. The summed E-state index contributed by atoms with van der Waals surface area (Å²) in [6.45, 7) is 0. The Morgan fingerprint density at radius 1 is 1.59 bits per heavy atom. The van der Waals surface area contributed by atoms with Crippen molar-refractivity contribution in [3.8, 4) is 0 Å². The molecule has 1 aromatic rings. The Balaban J connectivity index is 2.30. The number of thioether (sulfide) groups is 1. The van der Waals surface area contributed by atoms with Crippen LogP contribution in [0.25, 0.3) is 0 Å². The van der Waals surface area contributed by atoms with Gasteiger partial charge in [0.15, 0.2) is 6.10 Å². The Morgan fingerprint density at radius 3 is 2.94 bits per heavy atom. The van der Waals surface area contributed by atoms with Gasteiger partial charge < -0.3 is 16.2 Å². The molecule has 1 aromatic carbocycles. The second-order valence-electron chi connectivity index (χ2n) is 3.52. The average Bonchev–Trinajstić information content (AvgIpc) is 2.52. The van der Waals surface area contributed by atoms with Gasteiger partial charge in [0.05, 0.1) is 5.75 Å². The lowest BCUT2D eigenvalue weighted by atomic mass is 10.1. The number of aliphatic hydroxyl groups is 1. The lowest BCUT2D eigenvalue weighted by molar-refractivity contribution is -0.123. The van der Waals surface area contributed by atoms with E-state index in [9.17, 15) is 19.1 Å². The van der Waals surface area contributed by atoms with Crippen LogP contribution in [-0.2, 0) is 9.59 Å². The zero-order valence-corrected chi connectivity index (χ0v) is 9.38. The zero-order chi connectivity index (χ0) is 12.6. The summed E-state index contributed by atoms with van der Waals surface area (Å²) in [5.74, 6) is -1.78. The largest absolute Gasteiger partial charge is 0.378 e. The normalized spacial score (nSPS) is 17.8. The minimum Gasteiger partial charge on any atom is -0.378 e. The van der Waals surface area contributed by atoms with E-state index in [2.05, 4.69) is 5.32 Å². The molecule has 4 N–H and O–H groups in total. The molecule has 0 spiro atoms. The Kier molecular flexibility index (Phi) is 3.03. The molecule has 0 aliphatic carbocycles. The van der Waals surface area contributed by atoms with Crippen LogP contribution in [0.15, 0.2) is 17.0 Å². The van der Waals surface area contributed by atoms with Crippen LogP contribution in [0.4, 0.5) is 10.1 Å². The maximum Gasteiger partial charge on any atom is 0.257 e. The minimum absolute atomic E-state index is 0.0494. The summed E-state index contributed by atoms with van der Waals surface area (Å²) in [7, 11) is 0.